The summed E-state index contributed by atoms with van der Waals surface area (Å²) in [5, 5.41) is 7.73. The van der Waals surface area contributed by atoms with Gasteiger partial charge in [0.2, 0.25) is 0 Å². The lowest BCUT2D eigenvalue weighted by Gasteiger charge is -2.10. The Kier molecular flexibility index (Phi) is 6.58. The van der Waals surface area contributed by atoms with E-state index in [1.54, 1.807) is 7.11 Å². The predicted molar refractivity (Wildman–Crippen MR) is 98.9 cm³/mol. The number of aromatic nitrogens is 2. The minimum Gasteiger partial charge on any atom is -0.497 e. The Hall–Kier alpha value is -2.34. The molecule has 25 heavy (non-hydrogen) atoms. The Balaban J connectivity index is 2.36. The van der Waals surface area contributed by atoms with E-state index < -0.39 is 0 Å². The molecule has 0 unspecified atom stereocenters. The average Bonchev–Trinajstić information content (AvgIpc) is 3.00. The van der Waals surface area contributed by atoms with Gasteiger partial charge in [-0.05, 0) is 37.1 Å². The summed E-state index contributed by atoms with van der Waals surface area (Å²) in [6.07, 6.45) is 1.46. The van der Waals surface area contributed by atoms with Crippen molar-refractivity contribution in [3.63, 3.8) is 0 Å². The van der Waals surface area contributed by atoms with Crippen molar-refractivity contribution in [2.45, 2.75) is 26.7 Å². The second kappa shape index (κ2) is 8.67. The Morgan fingerprint density at radius 3 is 2.40 bits per heavy atom. The van der Waals surface area contributed by atoms with E-state index in [9.17, 15) is 4.79 Å². The zero-order valence-corrected chi connectivity index (χ0v) is 15.8. The van der Waals surface area contributed by atoms with Crippen molar-refractivity contribution in [3.05, 3.63) is 41.2 Å². The summed E-state index contributed by atoms with van der Waals surface area (Å²) in [6, 6.07) is 7.73. The molecule has 1 aromatic carbocycles. The molecule has 0 fully saturated rings. The van der Waals surface area contributed by atoms with Crippen molar-refractivity contribution in [2.24, 2.45) is 0 Å². The molecule has 0 saturated heterocycles. The lowest BCUT2D eigenvalue weighted by molar-refractivity contribution is -0.856. The van der Waals surface area contributed by atoms with Crippen LogP contribution in [0.5, 0.6) is 5.75 Å². The molecule has 6 nitrogen and oxygen atoms in total. The number of benzene rings is 1. The quantitative estimate of drug-likeness (QED) is 0.747. The third kappa shape index (κ3) is 4.39. The first-order valence-corrected chi connectivity index (χ1v) is 8.84. The molecule has 2 aromatic rings. The largest absolute Gasteiger partial charge is 0.497 e. The van der Waals surface area contributed by atoms with Crippen LogP contribution in [0.25, 0.3) is 5.69 Å². The van der Waals surface area contributed by atoms with Gasteiger partial charge in [-0.3, -0.25) is 4.79 Å². The van der Waals surface area contributed by atoms with Gasteiger partial charge in [0.05, 0.1) is 56.9 Å². The highest BCUT2D eigenvalue weighted by Crippen LogP contribution is 2.22. The highest BCUT2D eigenvalue weighted by atomic mass is 16.5. The van der Waals surface area contributed by atoms with Crippen LogP contribution >= 0.6 is 0 Å². The third-order valence-corrected chi connectivity index (χ3v) is 4.18. The molecule has 0 radical (unpaired) electrons. The van der Waals surface area contributed by atoms with Crippen LogP contribution in [0.3, 0.4) is 0 Å². The molecule has 1 amide bonds. The first-order chi connectivity index (χ1) is 12.0. The van der Waals surface area contributed by atoms with Gasteiger partial charge in [-0.1, -0.05) is 13.8 Å². The van der Waals surface area contributed by atoms with E-state index in [0.29, 0.717) is 6.54 Å². The fourth-order valence-corrected chi connectivity index (χ4v) is 2.79. The van der Waals surface area contributed by atoms with Gasteiger partial charge < -0.3 is 15.0 Å². The maximum absolute atomic E-state index is 12.7. The number of nitrogens with one attached hydrogen (secondary N) is 2. The second-order valence-corrected chi connectivity index (χ2v) is 6.30. The van der Waals surface area contributed by atoms with Crippen LogP contribution in [0, 0.1) is 0 Å². The molecule has 0 bridgehead atoms. The standard InChI is InChI=1S/C19H28N4O2/c1-6-16-18(19(24)20-12-13-22(3)4)17(7-2)23(21-16)14-8-10-15(25-5)11-9-14/h8-11H,6-7,12-13H2,1-5H3,(H,20,24)/p+1. The first-order valence-electron chi connectivity index (χ1n) is 8.84. The number of amides is 1. The number of ether oxygens (including phenoxy) is 1. The predicted octanol–water partition coefficient (Wildman–Crippen LogP) is 0.880. The first kappa shape index (κ1) is 19.0. The number of carbonyl (C=O) groups excluding carboxylic acids is 1. The summed E-state index contributed by atoms with van der Waals surface area (Å²) in [5.41, 5.74) is 3.43. The molecule has 2 N–H and O–H groups in total. The number of carbonyl (C=O) groups is 1. The fourth-order valence-electron chi connectivity index (χ4n) is 2.79. The van der Waals surface area contributed by atoms with Gasteiger partial charge in [0.25, 0.3) is 5.91 Å². The fraction of sp³-hybridized carbons (Fsp3) is 0.474. The number of likely N-dealkylation sites (N-methyl/N-ethyl adjacent to an activating group) is 1. The number of hydrogen-bond donors (Lipinski definition) is 2. The lowest BCUT2D eigenvalue weighted by atomic mass is 10.1. The molecule has 136 valence electrons. The number of aryl methyl sites for hydroxylation is 1. The van der Waals surface area contributed by atoms with E-state index in [2.05, 4.69) is 26.3 Å². The van der Waals surface area contributed by atoms with Crippen molar-refractivity contribution < 1.29 is 14.4 Å². The number of methoxy groups -OCH3 is 1. The second-order valence-electron chi connectivity index (χ2n) is 6.30. The molecule has 0 spiro atoms. The molecule has 0 aliphatic rings. The molecule has 0 saturated carbocycles. The molecular weight excluding hydrogens is 316 g/mol. The number of nitrogens with zero attached hydrogens (tertiary/aromatic N) is 2. The van der Waals surface area contributed by atoms with E-state index in [1.807, 2.05) is 35.9 Å². The molecule has 1 aromatic heterocycles. The Bertz CT molecular complexity index is 705. The smallest absolute Gasteiger partial charge is 0.255 e. The van der Waals surface area contributed by atoms with Crippen molar-refractivity contribution >= 4 is 5.91 Å². The maximum atomic E-state index is 12.7. The van der Waals surface area contributed by atoms with Gasteiger partial charge in [0, 0.05) is 0 Å². The maximum Gasteiger partial charge on any atom is 0.255 e. The number of rotatable bonds is 8. The zero-order valence-electron chi connectivity index (χ0n) is 15.8. The molecule has 0 aliphatic heterocycles. The van der Waals surface area contributed by atoms with Gasteiger partial charge in [0.1, 0.15) is 5.75 Å². The monoisotopic (exact) mass is 345 g/mol. The van der Waals surface area contributed by atoms with Gasteiger partial charge in [0.15, 0.2) is 0 Å². The number of quaternary nitrogens is 1. The number of hydrogen-bond acceptors (Lipinski definition) is 3. The zero-order chi connectivity index (χ0) is 18.4. The highest BCUT2D eigenvalue weighted by molar-refractivity contribution is 5.96. The molecule has 1 heterocycles. The van der Waals surface area contributed by atoms with Crippen LogP contribution in [0.1, 0.15) is 35.6 Å². The SMILES string of the molecule is CCc1nn(-c2ccc(OC)cc2)c(CC)c1C(=O)NCC[NH+](C)C. The average molecular weight is 345 g/mol. The normalized spacial score (nSPS) is 11.0. The summed E-state index contributed by atoms with van der Waals surface area (Å²) < 4.78 is 7.10. The lowest BCUT2D eigenvalue weighted by Crippen LogP contribution is -3.06. The summed E-state index contributed by atoms with van der Waals surface area (Å²) in [7, 11) is 5.79. The topological polar surface area (TPSA) is 60.6 Å². The molecule has 2 rings (SSSR count). The van der Waals surface area contributed by atoms with Gasteiger partial charge in [-0.15, -0.1) is 0 Å². The van der Waals surface area contributed by atoms with Crippen LogP contribution in [0.2, 0.25) is 0 Å². The van der Waals surface area contributed by atoms with E-state index >= 15 is 0 Å². The van der Waals surface area contributed by atoms with E-state index in [-0.39, 0.29) is 5.91 Å². The van der Waals surface area contributed by atoms with E-state index in [1.165, 1.54) is 4.90 Å². The minimum absolute atomic E-state index is 0.0327. The summed E-state index contributed by atoms with van der Waals surface area (Å²) >= 11 is 0. The van der Waals surface area contributed by atoms with Gasteiger partial charge in [-0.25, -0.2) is 4.68 Å². The van der Waals surface area contributed by atoms with Gasteiger partial charge in [-0.2, -0.15) is 5.10 Å². The van der Waals surface area contributed by atoms with Crippen LogP contribution in [-0.4, -0.2) is 50.0 Å². The van der Waals surface area contributed by atoms with Gasteiger partial charge >= 0.3 is 0 Å². The molecule has 0 aliphatic carbocycles. The minimum atomic E-state index is -0.0327. The Morgan fingerprint density at radius 2 is 1.88 bits per heavy atom. The summed E-state index contributed by atoms with van der Waals surface area (Å²) in [4.78, 5) is 14.0. The van der Waals surface area contributed by atoms with Crippen molar-refractivity contribution in [3.8, 4) is 11.4 Å². The van der Waals surface area contributed by atoms with Crippen LogP contribution in [-0.2, 0) is 12.8 Å². The Morgan fingerprint density at radius 1 is 1.20 bits per heavy atom. The summed E-state index contributed by atoms with van der Waals surface area (Å²) in [6.45, 7) is 5.63. The van der Waals surface area contributed by atoms with Crippen molar-refractivity contribution in [1.82, 2.24) is 15.1 Å². The van der Waals surface area contributed by atoms with Crippen molar-refractivity contribution in [1.29, 1.82) is 0 Å². The molecule has 0 atom stereocenters. The molecular formula is C19H29N4O2+. The van der Waals surface area contributed by atoms with E-state index in [0.717, 1.165) is 47.8 Å². The third-order valence-electron chi connectivity index (χ3n) is 4.18. The molecule has 6 heteroatoms. The highest BCUT2D eigenvalue weighted by Gasteiger charge is 2.22. The Labute approximate surface area is 149 Å². The van der Waals surface area contributed by atoms with Crippen LogP contribution in [0.4, 0.5) is 0 Å². The van der Waals surface area contributed by atoms with Crippen molar-refractivity contribution in [2.75, 3.05) is 34.3 Å². The summed E-state index contributed by atoms with van der Waals surface area (Å²) in [5.74, 6) is 0.767. The van der Waals surface area contributed by atoms with Crippen LogP contribution < -0.4 is 15.0 Å². The van der Waals surface area contributed by atoms with Crippen LogP contribution in [0.15, 0.2) is 24.3 Å². The van der Waals surface area contributed by atoms with E-state index in [4.69, 9.17) is 9.84 Å².